The van der Waals surface area contributed by atoms with Crippen molar-refractivity contribution in [3.05, 3.63) is 23.1 Å². The van der Waals surface area contributed by atoms with Gasteiger partial charge in [-0.3, -0.25) is 4.99 Å². The highest BCUT2D eigenvalue weighted by Crippen LogP contribution is 2.26. The van der Waals surface area contributed by atoms with Gasteiger partial charge in [-0.1, -0.05) is 12.2 Å². The maximum atomic E-state index is 4.23. The Kier molecular flexibility index (Phi) is 3.05. The molecule has 0 radical (unpaired) electrons. The lowest BCUT2D eigenvalue weighted by molar-refractivity contribution is 1.61. The second-order valence-electron chi connectivity index (χ2n) is 2.07. The van der Waals surface area contributed by atoms with Gasteiger partial charge >= 0.3 is 0 Å². The summed E-state index contributed by atoms with van der Waals surface area (Å²) in [7, 11) is 0. The monoisotopic (exact) mass is 165 g/mol. The van der Waals surface area contributed by atoms with E-state index < -0.39 is 0 Å². The Hall–Kier alpha value is -0.890. The zero-order chi connectivity index (χ0) is 8.10. The van der Waals surface area contributed by atoms with Gasteiger partial charge in [-0.05, 0) is 25.3 Å². The van der Waals surface area contributed by atoms with Gasteiger partial charge in [0.2, 0.25) is 0 Å². The van der Waals surface area contributed by atoms with Crippen LogP contribution in [0.1, 0.15) is 19.4 Å². The quantitative estimate of drug-likeness (QED) is 0.595. The Morgan fingerprint density at radius 1 is 1.45 bits per heavy atom. The second kappa shape index (κ2) is 4.09. The molecule has 0 N–H and O–H groups in total. The molecule has 0 saturated carbocycles. The summed E-state index contributed by atoms with van der Waals surface area (Å²) in [5.41, 5.74) is 1.20. The van der Waals surface area contributed by atoms with Crippen LogP contribution in [0.25, 0.3) is 6.08 Å². The number of thiophene rings is 1. The van der Waals surface area contributed by atoms with Crippen molar-refractivity contribution in [2.75, 3.05) is 0 Å². The third-order valence-corrected chi connectivity index (χ3v) is 2.10. The Labute approximate surface area is 71.1 Å². The highest BCUT2D eigenvalue weighted by atomic mass is 32.1. The van der Waals surface area contributed by atoms with E-state index in [4.69, 9.17) is 0 Å². The molecular formula is C9H11NS. The minimum atomic E-state index is 1.09. The fourth-order valence-electron chi connectivity index (χ4n) is 0.840. The number of nitrogens with zero attached hydrogens (tertiary/aromatic N) is 1. The van der Waals surface area contributed by atoms with E-state index in [2.05, 4.69) is 22.5 Å². The Morgan fingerprint density at radius 2 is 2.27 bits per heavy atom. The summed E-state index contributed by atoms with van der Waals surface area (Å²) in [6, 6.07) is 2.08. The first-order valence-corrected chi connectivity index (χ1v) is 4.45. The molecule has 0 saturated heterocycles. The summed E-state index contributed by atoms with van der Waals surface area (Å²) in [6.45, 7) is 3.94. The van der Waals surface area contributed by atoms with Crippen LogP contribution in [0, 0.1) is 0 Å². The molecule has 1 aromatic rings. The van der Waals surface area contributed by atoms with E-state index in [1.807, 2.05) is 26.1 Å². The zero-order valence-corrected chi connectivity index (χ0v) is 7.56. The third kappa shape index (κ3) is 2.02. The van der Waals surface area contributed by atoms with Gasteiger partial charge in [0.15, 0.2) is 0 Å². The van der Waals surface area contributed by atoms with Crippen molar-refractivity contribution >= 4 is 28.6 Å². The van der Waals surface area contributed by atoms with Gasteiger partial charge in [-0.2, -0.15) is 0 Å². The third-order valence-electron chi connectivity index (χ3n) is 1.27. The molecule has 1 rings (SSSR count). The highest BCUT2D eigenvalue weighted by Gasteiger charge is 1.95. The van der Waals surface area contributed by atoms with Gasteiger partial charge in [0.25, 0.3) is 0 Å². The molecule has 0 aliphatic carbocycles. The van der Waals surface area contributed by atoms with Crippen LogP contribution in [0.2, 0.25) is 0 Å². The molecule has 1 heterocycles. The number of rotatable bonds is 2. The summed E-state index contributed by atoms with van der Waals surface area (Å²) in [5.74, 6) is 0. The first-order valence-electron chi connectivity index (χ1n) is 3.57. The lowest BCUT2D eigenvalue weighted by Crippen LogP contribution is -1.63. The molecule has 0 aliphatic rings. The maximum absolute atomic E-state index is 4.23. The van der Waals surface area contributed by atoms with Gasteiger partial charge in [-0.25, -0.2) is 0 Å². The zero-order valence-electron chi connectivity index (χ0n) is 6.74. The SMILES string of the molecule is C/C=C\c1ccsc1/N=C\C. The van der Waals surface area contributed by atoms with E-state index in [0.717, 1.165) is 5.00 Å². The van der Waals surface area contributed by atoms with Crippen molar-refractivity contribution < 1.29 is 0 Å². The van der Waals surface area contributed by atoms with Crippen LogP contribution in [0.3, 0.4) is 0 Å². The molecule has 0 atom stereocenters. The Balaban J connectivity index is 2.95. The van der Waals surface area contributed by atoms with Gasteiger partial charge < -0.3 is 0 Å². The largest absolute Gasteiger partial charge is 0.250 e. The molecule has 0 aliphatic heterocycles. The molecule has 1 nitrogen and oxygen atoms in total. The Morgan fingerprint density at radius 3 is 2.91 bits per heavy atom. The summed E-state index contributed by atoms with van der Waals surface area (Å²) in [6.07, 6.45) is 5.91. The molecule has 0 amide bonds. The number of aliphatic imine (C=N–C) groups is 1. The van der Waals surface area contributed by atoms with Gasteiger partial charge in [0.1, 0.15) is 5.00 Å². The van der Waals surface area contributed by atoms with Gasteiger partial charge in [-0.15, -0.1) is 11.3 Å². The van der Waals surface area contributed by atoms with E-state index in [0.29, 0.717) is 0 Å². The number of hydrogen-bond donors (Lipinski definition) is 0. The lowest BCUT2D eigenvalue weighted by Gasteiger charge is -1.87. The topological polar surface area (TPSA) is 12.4 Å². The molecule has 0 unspecified atom stereocenters. The second-order valence-corrected chi connectivity index (χ2v) is 2.96. The van der Waals surface area contributed by atoms with E-state index in [9.17, 15) is 0 Å². The van der Waals surface area contributed by atoms with Crippen molar-refractivity contribution in [2.45, 2.75) is 13.8 Å². The minimum Gasteiger partial charge on any atom is -0.250 e. The molecule has 0 bridgehead atoms. The summed E-state index contributed by atoms with van der Waals surface area (Å²) >= 11 is 1.66. The average Bonchev–Trinajstić information content (AvgIpc) is 2.39. The molecule has 11 heavy (non-hydrogen) atoms. The van der Waals surface area contributed by atoms with Crippen LogP contribution in [-0.4, -0.2) is 6.21 Å². The van der Waals surface area contributed by atoms with Crippen molar-refractivity contribution in [1.29, 1.82) is 0 Å². The van der Waals surface area contributed by atoms with Crippen molar-refractivity contribution in [3.8, 4) is 0 Å². The van der Waals surface area contributed by atoms with Crippen LogP contribution in [-0.2, 0) is 0 Å². The molecule has 0 fully saturated rings. The standard InChI is InChI=1S/C9H11NS/c1-3-5-8-6-7-11-9(8)10-4-2/h3-7H,1-2H3/b5-3-,10-4-. The predicted octanol–water partition coefficient (Wildman–Crippen LogP) is 3.50. The summed E-state index contributed by atoms with van der Waals surface area (Å²) in [4.78, 5) is 4.23. The van der Waals surface area contributed by atoms with E-state index >= 15 is 0 Å². The summed E-state index contributed by atoms with van der Waals surface area (Å²) in [5, 5.41) is 3.14. The molecule has 58 valence electrons. The normalized spacial score (nSPS) is 11.8. The first-order chi connectivity index (χ1) is 5.38. The molecular weight excluding hydrogens is 154 g/mol. The van der Waals surface area contributed by atoms with Crippen molar-refractivity contribution in [2.24, 2.45) is 4.99 Å². The van der Waals surface area contributed by atoms with Crippen LogP contribution >= 0.6 is 11.3 Å². The first kappa shape index (κ1) is 8.21. The molecule has 2 heteroatoms. The number of allylic oxidation sites excluding steroid dienone is 1. The van der Waals surface area contributed by atoms with Gasteiger partial charge in [0.05, 0.1) is 0 Å². The highest BCUT2D eigenvalue weighted by molar-refractivity contribution is 7.14. The van der Waals surface area contributed by atoms with Crippen LogP contribution in [0.5, 0.6) is 0 Å². The lowest BCUT2D eigenvalue weighted by atomic mass is 10.3. The van der Waals surface area contributed by atoms with Gasteiger partial charge in [0, 0.05) is 11.8 Å². The van der Waals surface area contributed by atoms with E-state index in [-0.39, 0.29) is 0 Å². The van der Waals surface area contributed by atoms with Crippen molar-refractivity contribution in [1.82, 2.24) is 0 Å². The van der Waals surface area contributed by atoms with E-state index in [1.54, 1.807) is 11.3 Å². The van der Waals surface area contributed by atoms with Crippen LogP contribution < -0.4 is 0 Å². The van der Waals surface area contributed by atoms with Crippen LogP contribution in [0.4, 0.5) is 5.00 Å². The smallest absolute Gasteiger partial charge is 0.122 e. The van der Waals surface area contributed by atoms with Crippen molar-refractivity contribution in [3.63, 3.8) is 0 Å². The average molecular weight is 165 g/mol. The predicted molar refractivity (Wildman–Crippen MR) is 52.9 cm³/mol. The fraction of sp³-hybridized carbons (Fsp3) is 0.222. The number of hydrogen-bond acceptors (Lipinski definition) is 2. The molecule has 0 spiro atoms. The minimum absolute atomic E-state index is 1.09. The van der Waals surface area contributed by atoms with E-state index in [1.165, 1.54) is 5.56 Å². The fourth-order valence-corrected chi connectivity index (χ4v) is 1.62. The maximum Gasteiger partial charge on any atom is 0.122 e. The summed E-state index contributed by atoms with van der Waals surface area (Å²) < 4.78 is 0. The van der Waals surface area contributed by atoms with Crippen LogP contribution in [0.15, 0.2) is 22.5 Å². The Bertz CT molecular complexity index is 244. The molecule has 0 aromatic carbocycles. The molecule has 1 aromatic heterocycles.